The van der Waals surface area contributed by atoms with E-state index in [4.69, 9.17) is 10.4 Å². The van der Waals surface area contributed by atoms with Crippen LogP contribution >= 0.6 is 0 Å². The molecule has 0 saturated heterocycles. The van der Waals surface area contributed by atoms with E-state index in [1.807, 2.05) is 0 Å². The molecule has 0 radical (unpaired) electrons. The molecule has 0 aliphatic rings. The van der Waals surface area contributed by atoms with E-state index in [-0.39, 0.29) is 11.7 Å². The first kappa shape index (κ1) is 12.7. The number of nitroso groups, excluding NO2 is 1. The molecule has 0 fully saturated rings. The van der Waals surface area contributed by atoms with Gasteiger partial charge >= 0.3 is 0 Å². The van der Waals surface area contributed by atoms with Gasteiger partial charge in [0, 0.05) is 0 Å². The second-order valence-electron chi connectivity index (χ2n) is 3.49. The van der Waals surface area contributed by atoms with E-state index in [1.54, 1.807) is 30.3 Å². The summed E-state index contributed by atoms with van der Waals surface area (Å²) in [6, 6.07) is 8.70. The van der Waals surface area contributed by atoms with E-state index in [1.165, 1.54) is 6.08 Å². The van der Waals surface area contributed by atoms with Crippen molar-refractivity contribution < 1.29 is 5.11 Å². The maximum atomic E-state index is 10.2. The SMILES string of the molecule is C=C(O)/C=C\CC(C#N)c1ccc(N=O)cc1. The number of allylic oxidation sites excluding steroid dienone is 2. The van der Waals surface area contributed by atoms with Crippen LogP contribution in [0.3, 0.4) is 0 Å². The average molecular weight is 228 g/mol. The van der Waals surface area contributed by atoms with Gasteiger partial charge in [0.2, 0.25) is 0 Å². The minimum absolute atomic E-state index is 0.0396. The Morgan fingerprint density at radius 3 is 2.65 bits per heavy atom. The third-order valence-electron chi connectivity index (χ3n) is 2.24. The lowest BCUT2D eigenvalue weighted by Crippen LogP contribution is -1.93. The molecule has 4 nitrogen and oxygen atoms in total. The normalized spacial score (nSPS) is 11.9. The molecular formula is C13H12N2O2. The first-order valence-corrected chi connectivity index (χ1v) is 5.04. The Bertz CT molecular complexity index is 469. The Balaban J connectivity index is 2.76. The van der Waals surface area contributed by atoms with Gasteiger partial charge in [-0.1, -0.05) is 24.8 Å². The van der Waals surface area contributed by atoms with Gasteiger partial charge in [-0.15, -0.1) is 4.91 Å². The third-order valence-corrected chi connectivity index (χ3v) is 2.24. The quantitative estimate of drug-likeness (QED) is 0.474. The summed E-state index contributed by atoms with van der Waals surface area (Å²) in [5.41, 5.74) is 1.15. The van der Waals surface area contributed by atoms with Crippen molar-refractivity contribution in [2.45, 2.75) is 12.3 Å². The van der Waals surface area contributed by atoms with Crippen molar-refractivity contribution in [3.63, 3.8) is 0 Å². The lowest BCUT2D eigenvalue weighted by Gasteiger charge is -2.06. The van der Waals surface area contributed by atoms with E-state index >= 15 is 0 Å². The van der Waals surface area contributed by atoms with Gasteiger partial charge in [-0.05, 0) is 35.4 Å². The van der Waals surface area contributed by atoms with Gasteiger partial charge in [-0.25, -0.2) is 0 Å². The zero-order valence-electron chi connectivity index (χ0n) is 9.21. The second kappa shape index (κ2) is 6.23. The van der Waals surface area contributed by atoms with Crippen molar-refractivity contribution in [1.82, 2.24) is 0 Å². The van der Waals surface area contributed by atoms with Crippen LogP contribution in [0.1, 0.15) is 17.9 Å². The number of rotatable bonds is 5. The maximum absolute atomic E-state index is 10.2. The number of benzene rings is 1. The Labute approximate surface area is 99.5 Å². The van der Waals surface area contributed by atoms with Crippen LogP contribution in [0.5, 0.6) is 0 Å². The van der Waals surface area contributed by atoms with Crippen LogP contribution in [0, 0.1) is 16.2 Å². The summed E-state index contributed by atoms with van der Waals surface area (Å²) in [6.45, 7) is 3.31. The zero-order chi connectivity index (χ0) is 12.7. The molecule has 0 aliphatic heterocycles. The molecule has 1 aromatic rings. The number of aliphatic hydroxyl groups is 1. The smallest absolute Gasteiger partial charge is 0.108 e. The molecule has 1 rings (SSSR count). The van der Waals surface area contributed by atoms with E-state index in [9.17, 15) is 4.91 Å². The van der Waals surface area contributed by atoms with Crippen molar-refractivity contribution in [2.24, 2.45) is 5.18 Å². The fraction of sp³-hybridized carbons (Fsp3) is 0.154. The first-order chi connectivity index (χ1) is 8.17. The van der Waals surface area contributed by atoms with Crippen LogP contribution < -0.4 is 0 Å². The highest BCUT2D eigenvalue weighted by Gasteiger charge is 2.08. The standard InChI is InChI=1S/C13H12N2O2/c1-10(16)3-2-4-12(9-14)11-5-7-13(15-17)8-6-11/h2-3,5-8,12,16H,1,4H2/b3-2-. The third kappa shape index (κ3) is 3.92. The van der Waals surface area contributed by atoms with E-state index in [0.29, 0.717) is 12.1 Å². The molecule has 0 heterocycles. The molecule has 0 bridgehead atoms. The summed E-state index contributed by atoms with van der Waals surface area (Å²) in [7, 11) is 0. The molecule has 1 aromatic carbocycles. The maximum Gasteiger partial charge on any atom is 0.108 e. The van der Waals surface area contributed by atoms with Crippen molar-refractivity contribution in [2.75, 3.05) is 0 Å². The van der Waals surface area contributed by atoms with E-state index < -0.39 is 0 Å². The van der Waals surface area contributed by atoms with E-state index in [2.05, 4.69) is 17.8 Å². The fourth-order valence-electron chi connectivity index (χ4n) is 1.37. The first-order valence-electron chi connectivity index (χ1n) is 5.04. The Morgan fingerprint density at radius 2 is 2.18 bits per heavy atom. The summed E-state index contributed by atoms with van der Waals surface area (Å²) in [5.74, 6) is -0.353. The lowest BCUT2D eigenvalue weighted by molar-refractivity contribution is 0.435. The van der Waals surface area contributed by atoms with Crippen molar-refractivity contribution >= 4 is 5.69 Å². The highest BCUT2D eigenvalue weighted by Crippen LogP contribution is 2.22. The van der Waals surface area contributed by atoms with Gasteiger partial charge in [-0.2, -0.15) is 5.26 Å². The number of nitriles is 1. The predicted octanol–water partition coefficient (Wildman–Crippen LogP) is 3.71. The summed E-state index contributed by atoms with van der Waals surface area (Å²) >= 11 is 0. The van der Waals surface area contributed by atoms with Crippen molar-refractivity contribution in [1.29, 1.82) is 5.26 Å². The minimum atomic E-state index is -0.314. The van der Waals surface area contributed by atoms with Gasteiger partial charge in [0.05, 0.1) is 12.0 Å². The molecule has 4 heteroatoms. The van der Waals surface area contributed by atoms with Gasteiger partial charge in [-0.3, -0.25) is 0 Å². The number of hydrogen-bond donors (Lipinski definition) is 1. The molecule has 1 unspecified atom stereocenters. The fourth-order valence-corrected chi connectivity index (χ4v) is 1.37. The molecule has 1 N–H and O–H groups in total. The summed E-state index contributed by atoms with van der Waals surface area (Å²) in [4.78, 5) is 10.2. The van der Waals surface area contributed by atoms with Crippen molar-refractivity contribution in [3.05, 3.63) is 59.2 Å². The summed E-state index contributed by atoms with van der Waals surface area (Å²) in [5, 5.41) is 20.7. The molecule has 1 atom stereocenters. The second-order valence-corrected chi connectivity index (χ2v) is 3.49. The highest BCUT2D eigenvalue weighted by atomic mass is 16.3. The molecule has 86 valence electrons. The van der Waals surface area contributed by atoms with Crippen LogP contribution in [0.4, 0.5) is 5.69 Å². The van der Waals surface area contributed by atoms with Gasteiger partial charge in [0.15, 0.2) is 0 Å². The number of hydrogen-bond acceptors (Lipinski definition) is 4. The van der Waals surface area contributed by atoms with Gasteiger partial charge < -0.3 is 5.11 Å². The van der Waals surface area contributed by atoms with Crippen LogP contribution in [-0.4, -0.2) is 5.11 Å². The molecule has 0 spiro atoms. The molecule has 0 amide bonds. The molecule has 0 saturated carbocycles. The monoisotopic (exact) mass is 228 g/mol. The average Bonchev–Trinajstić information content (AvgIpc) is 2.34. The van der Waals surface area contributed by atoms with Crippen LogP contribution in [-0.2, 0) is 0 Å². The Morgan fingerprint density at radius 1 is 1.53 bits per heavy atom. The molecule has 0 aromatic heterocycles. The largest absolute Gasteiger partial charge is 0.509 e. The predicted molar refractivity (Wildman–Crippen MR) is 65.8 cm³/mol. The minimum Gasteiger partial charge on any atom is -0.509 e. The van der Waals surface area contributed by atoms with Crippen LogP contribution in [0.2, 0.25) is 0 Å². The molecular weight excluding hydrogens is 216 g/mol. The summed E-state index contributed by atoms with van der Waals surface area (Å²) < 4.78 is 0. The van der Waals surface area contributed by atoms with E-state index in [0.717, 1.165) is 5.56 Å². The van der Waals surface area contributed by atoms with Crippen LogP contribution in [0.15, 0.2) is 53.9 Å². The van der Waals surface area contributed by atoms with Gasteiger partial charge in [0.1, 0.15) is 11.4 Å². The van der Waals surface area contributed by atoms with Crippen molar-refractivity contribution in [3.8, 4) is 6.07 Å². The topological polar surface area (TPSA) is 73.4 Å². The number of nitrogens with zero attached hydrogens (tertiary/aromatic N) is 2. The van der Waals surface area contributed by atoms with Crippen LogP contribution in [0.25, 0.3) is 0 Å². The van der Waals surface area contributed by atoms with Gasteiger partial charge in [0.25, 0.3) is 0 Å². The summed E-state index contributed by atoms with van der Waals surface area (Å²) in [6.07, 6.45) is 3.61. The highest BCUT2D eigenvalue weighted by molar-refractivity contribution is 5.40. The zero-order valence-corrected chi connectivity index (χ0v) is 9.21. The lowest BCUT2D eigenvalue weighted by atomic mass is 9.97. The Kier molecular flexibility index (Phi) is 4.64. The molecule has 17 heavy (non-hydrogen) atoms. The molecule has 0 aliphatic carbocycles. The number of aliphatic hydroxyl groups excluding tert-OH is 1. The Hall–Kier alpha value is -2.41.